The number of hydrogen-bond acceptors (Lipinski definition) is 6. The van der Waals surface area contributed by atoms with Crippen LogP contribution in [0, 0.1) is 28.6 Å². The Labute approximate surface area is 178 Å². The number of rotatable bonds is 7. The Bertz CT molecular complexity index is 782. The summed E-state index contributed by atoms with van der Waals surface area (Å²) in [4.78, 5) is 35.5. The molecule has 0 amide bonds. The molecule has 2 aliphatic carbocycles. The molecule has 0 aromatic carbocycles. The highest BCUT2D eigenvalue weighted by Crippen LogP contribution is 2.62. The van der Waals surface area contributed by atoms with E-state index in [0.29, 0.717) is 12.4 Å². The standard InChI is InChI=1S/C24H34O6/c1-16(26)30-15-18-7-9-21-23(2,11-5-12-24(21,3)22(27)28-4)19(18)8-6-17-10-13-29-20(17)14-25/h10,13-14,18-19,21H,5-9,11-12,15H2,1-4H3/t18-,19+,21-,23-,24-/m1/s1. The number of furan rings is 1. The van der Waals surface area contributed by atoms with Gasteiger partial charge in [0.05, 0.1) is 25.4 Å². The van der Waals surface area contributed by atoms with E-state index in [2.05, 4.69) is 13.8 Å². The Morgan fingerprint density at radius 3 is 2.70 bits per heavy atom. The summed E-state index contributed by atoms with van der Waals surface area (Å²) in [6, 6.07) is 1.85. The van der Waals surface area contributed by atoms with Crippen LogP contribution in [0.3, 0.4) is 0 Å². The van der Waals surface area contributed by atoms with E-state index in [1.165, 1.54) is 14.0 Å². The number of carbonyl (C=O) groups excluding carboxylic acids is 3. The van der Waals surface area contributed by atoms with Gasteiger partial charge in [0, 0.05) is 12.5 Å². The van der Waals surface area contributed by atoms with Gasteiger partial charge in [-0.15, -0.1) is 0 Å². The van der Waals surface area contributed by atoms with Gasteiger partial charge in [-0.3, -0.25) is 14.4 Å². The van der Waals surface area contributed by atoms with Gasteiger partial charge in [-0.05, 0) is 74.7 Å². The highest BCUT2D eigenvalue weighted by molar-refractivity contribution is 5.77. The summed E-state index contributed by atoms with van der Waals surface area (Å²) in [6.45, 7) is 6.21. The Hall–Kier alpha value is -2.11. The average Bonchev–Trinajstić information content (AvgIpc) is 3.17. The van der Waals surface area contributed by atoms with Crippen LogP contribution in [0.5, 0.6) is 0 Å². The number of aryl methyl sites for hydroxylation is 1. The molecule has 0 bridgehead atoms. The topological polar surface area (TPSA) is 82.8 Å². The van der Waals surface area contributed by atoms with Gasteiger partial charge < -0.3 is 13.9 Å². The van der Waals surface area contributed by atoms with Gasteiger partial charge in [0.2, 0.25) is 0 Å². The summed E-state index contributed by atoms with van der Waals surface area (Å²) < 4.78 is 15.9. The number of ether oxygens (including phenoxy) is 2. The molecule has 1 aromatic heterocycles. The van der Waals surface area contributed by atoms with Gasteiger partial charge >= 0.3 is 11.9 Å². The van der Waals surface area contributed by atoms with E-state index in [0.717, 1.165) is 56.8 Å². The summed E-state index contributed by atoms with van der Waals surface area (Å²) in [6.07, 6.45) is 8.59. The predicted octanol–water partition coefficient (Wildman–Crippen LogP) is 4.60. The summed E-state index contributed by atoms with van der Waals surface area (Å²) >= 11 is 0. The second-order valence-corrected chi connectivity index (χ2v) is 9.53. The zero-order valence-electron chi connectivity index (χ0n) is 18.6. The molecule has 3 rings (SSSR count). The van der Waals surface area contributed by atoms with Crippen LogP contribution in [0.1, 0.15) is 75.4 Å². The number of esters is 2. The minimum absolute atomic E-state index is 0.0602. The SMILES string of the molecule is COC(=O)[C@]1(C)CCC[C@@]2(C)[C@H]1CC[C@H](COC(C)=O)[C@@H]2CCc1ccoc1C=O. The summed E-state index contributed by atoms with van der Waals surface area (Å²) in [5.74, 6) is 0.735. The monoisotopic (exact) mass is 418 g/mol. The third-order valence-electron chi connectivity index (χ3n) is 7.98. The molecule has 0 radical (unpaired) electrons. The van der Waals surface area contributed by atoms with Gasteiger partial charge in [0.1, 0.15) is 0 Å². The van der Waals surface area contributed by atoms with Gasteiger partial charge in [-0.25, -0.2) is 0 Å². The van der Waals surface area contributed by atoms with Crippen LogP contribution in [-0.2, 0) is 25.5 Å². The van der Waals surface area contributed by atoms with E-state index in [-0.39, 0.29) is 35.1 Å². The van der Waals surface area contributed by atoms with Crippen LogP contribution in [0.15, 0.2) is 16.7 Å². The first-order chi connectivity index (χ1) is 14.3. The van der Waals surface area contributed by atoms with Crippen molar-refractivity contribution in [1.29, 1.82) is 0 Å². The van der Waals surface area contributed by atoms with E-state index in [9.17, 15) is 14.4 Å². The van der Waals surface area contributed by atoms with Crippen molar-refractivity contribution in [2.75, 3.05) is 13.7 Å². The number of carbonyl (C=O) groups is 3. The van der Waals surface area contributed by atoms with Crippen LogP contribution >= 0.6 is 0 Å². The van der Waals surface area contributed by atoms with E-state index in [4.69, 9.17) is 13.9 Å². The quantitative estimate of drug-likeness (QED) is 0.475. The average molecular weight is 419 g/mol. The fourth-order valence-electron chi connectivity index (χ4n) is 6.56. The molecule has 0 aliphatic heterocycles. The van der Waals surface area contributed by atoms with Crippen molar-refractivity contribution in [3.63, 3.8) is 0 Å². The van der Waals surface area contributed by atoms with Crippen molar-refractivity contribution in [3.05, 3.63) is 23.7 Å². The maximum absolute atomic E-state index is 12.8. The van der Waals surface area contributed by atoms with Crippen molar-refractivity contribution in [1.82, 2.24) is 0 Å². The Morgan fingerprint density at radius 2 is 2.03 bits per heavy atom. The highest BCUT2D eigenvalue weighted by Gasteiger charge is 2.58. The first-order valence-electron chi connectivity index (χ1n) is 11.0. The second kappa shape index (κ2) is 8.94. The normalized spacial score (nSPS) is 33.4. The second-order valence-electron chi connectivity index (χ2n) is 9.53. The molecule has 1 heterocycles. The molecule has 30 heavy (non-hydrogen) atoms. The van der Waals surface area contributed by atoms with Crippen molar-refractivity contribution in [2.45, 2.75) is 65.7 Å². The number of hydrogen-bond donors (Lipinski definition) is 0. The number of fused-ring (bicyclic) bond motifs is 1. The van der Waals surface area contributed by atoms with Crippen molar-refractivity contribution < 1.29 is 28.3 Å². The first kappa shape index (κ1) is 22.6. The molecular formula is C24H34O6. The Morgan fingerprint density at radius 1 is 1.27 bits per heavy atom. The maximum atomic E-state index is 12.8. The molecule has 1 aromatic rings. The van der Waals surface area contributed by atoms with E-state index in [1.54, 1.807) is 6.26 Å². The lowest BCUT2D eigenvalue weighted by atomic mass is 9.45. The molecule has 5 atom stereocenters. The zero-order valence-corrected chi connectivity index (χ0v) is 18.6. The largest absolute Gasteiger partial charge is 0.469 e. The summed E-state index contributed by atoms with van der Waals surface area (Å²) in [5.41, 5.74) is 0.360. The maximum Gasteiger partial charge on any atom is 0.311 e. The smallest absolute Gasteiger partial charge is 0.311 e. The Kier molecular flexibility index (Phi) is 6.73. The van der Waals surface area contributed by atoms with Gasteiger partial charge in [0.25, 0.3) is 0 Å². The van der Waals surface area contributed by atoms with Gasteiger partial charge in [-0.2, -0.15) is 0 Å². The summed E-state index contributed by atoms with van der Waals surface area (Å²) in [5, 5.41) is 0. The highest BCUT2D eigenvalue weighted by atomic mass is 16.5. The molecule has 0 saturated heterocycles. The van der Waals surface area contributed by atoms with Gasteiger partial charge in [-0.1, -0.05) is 13.3 Å². The molecule has 2 saturated carbocycles. The predicted molar refractivity (Wildman–Crippen MR) is 111 cm³/mol. The van der Waals surface area contributed by atoms with Crippen LogP contribution in [0.25, 0.3) is 0 Å². The van der Waals surface area contributed by atoms with Crippen LogP contribution < -0.4 is 0 Å². The number of aldehydes is 1. The zero-order chi connectivity index (χ0) is 21.9. The van der Waals surface area contributed by atoms with Crippen molar-refractivity contribution in [2.24, 2.45) is 28.6 Å². The molecule has 0 N–H and O–H groups in total. The van der Waals surface area contributed by atoms with Crippen LogP contribution in [0.2, 0.25) is 0 Å². The number of methoxy groups -OCH3 is 1. The first-order valence-corrected chi connectivity index (χ1v) is 11.0. The van der Waals surface area contributed by atoms with E-state index >= 15 is 0 Å². The van der Waals surface area contributed by atoms with Crippen LogP contribution in [-0.4, -0.2) is 31.9 Å². The van der Waals surface area contributed by atoms with Crippen molar-refractivity contribution in [3.8, 4) is 0 Å². The molecule has 0 unspecified atom stereocenters. The minimum Gasteiger partial charge on any atom is -0.469 e. The Balaban J connectivity index is 1.90. The third kappa shape index (κ3) is 4.06. The fourth-order valence-corrected chi connectivity index (χ4v) is 6.56. The van der Waals surface area contributed by atoms with Gasteiger partial charge in [0.15, 0.2) is 12.0 Å². The lowest BCUT2D eigenvalue weighted by Crippen LogP contribution is -2.55. The van der Waals surface area contributed by atoms with Crippen molar-refractivity contribution >= 4 is 18.2 Å². The lowest BCUT2D eigenvalue weighted by molar-refractivity contribution is -0.176. The molecule has 0 spiro atoms. The van der Waals surface area contributed by atoms with E-state index < -0.39 is 5.41 Å². The molecule has 166 valence electrons. The molecule has 6 heteroatoms. The lowest BCUT2D eigenvalue weighted by Gasteiger charge is -2.59. The molecular weight excluding hydrogens is 384 g/mol. The molecule has 2 aliphatic rings. The van der Waals surface area contributed by atoms with E-state index in [1.807, 2.05) is 6.07 Å². The minimum atomic E-state index is -0.490. The fraction of sp³-hybridized carbons (Fsp3) is 0.708. The molecule has 2 fully saturated rings. The van der Waals surface area contributed by atoms with Crippen LogP contribution in [0.4, 0.5) is 0 Å². The summed E-state index contributed by atoms with van der Waals surface area (Å²) in [7, 11) is 1.48. The third-order valence-corrected chi connectivity index (χ3v) is 7.98. The molecule has 6 nitrogen and oxygen atoms in total.